The van der Waals surface area contributed by atoms with Crippen molar-refractivity contribution in [2.45, 2.75) is 45.2 Å². The quantitative estimate of drug-likeness (QED) is 0.694. The van der Waals surface area contributed by atoms with Gasteiger partial charge in [0.25, 0.3) is 0 Å². The van der Waals surface area contributed by atoms with Gasteiger partial charge in [0, 0.05) is 31.7 Å². The van der Waals surface area contributed by atoms with Gasteiger partial charge < -0.3 is 15.4 Å². The minimum Gasteiger partial charge on any atom is -0.379 e. The SMILES string of the molecule is CCC(CC)[C@@H](CNC(=O)N[C@H]1CCS(=O)(=O)C1)N1CCOCC1. The Kier molecular flexibility index (Phi) is 7.31. The lowest BCUT2D eigenvalue weighted by molar-refractivity contribution is 0.00236. The number of hydrogen-bond donors (Lipinski definition) is 2. The monoisotopic (exact) mass is 361 g/mol. The minimum atomic E-state index is -2.98. The first kappa shape index (κ1) is 19.5. The van der Waals surface area contributed by atoms with Gasteiger partial charge >= 0.3 is 6.03 Å². The molecule has 0 aromatic carbocycles. The first-order chi connectivity index (χ1) is 11.4. The molecule has 0 bridgehead atoms. The van der Waals surface area contributed by atoms with E-state index in [0.717, 1.165) is 39.1 Å². The molecule has 2 atom stereocenters. The van der Waals surface area contributed by atoms with E-state index in [-0.39, 0.29) is 23.6 Å². The molecule has 0 aromatic heterocycles. The van der Waals surface area contributed by atoms with Gasteiger partial charge in [-0.25, -0.2) is 13.2 Å². The number of ether oxygens (including phenoxy) is 1. The summed E-state index contributed by atoms with van der Waals surface area (Å²) in [5, 5.41) is 5.75. The maximum absolute atomic E-state index is 12.1. The molecule has 2 amide bonds. The van der Waals surface area contributed by atoms with Crippen LogP contribution < -0.4 is 10.6 Å². The Balaban J connectivity index is 1.85. The predicted molar refractivity (Wildman–Crippen MR) is 93.8 cm³/mol. The van der Waals surface area contributed by atoms with Gasteiger partial charge in [0.15, 0.2) is 9.84 Å². The van der Waals surface area contributed by atoms with Crippen LogP contribution in [0.2, 0.25) is 0 Å². The summed E-state index contributed by atoms with van der Waals surface area (Å²) < 4.78 is 28.4. The summed E-state index contributed by atoms with van der Waals surface area (Å²) in [5.41, 5.74) is 0. The second-order valence-electron chi connectivity index (χ2n) is 6.75. The highest BCUT2D eigenvalue weighted by Crippen LogP contribution is 2.19. The molecule has 8 heteroatoms. The van der Waals surface area contributed by atoms with Crippen LogP contribution in [-0.2, 0) is 14.6 Å². The number of carbonyl (C=O) groups is 1. The Morgan fingerprint density at radius 1 is 1.25 bits per heavy atom. The number of nitrogens with one attached hydrogen (secondary N) is 2. The Labute approximate surface area is 145 Å². The summed E-state index contributed by atoms with van der Waals surface area (Å²) in [4.78, 5) is 14.5. The molecule has 7 nitrogen and oxygen atoms in total. The van der Waals surface area contributed by atoms with E-state index in [1.807, 2.05) is 0 Å². The van der Waals surface area contributed by atoms with Crippen LogP contribution in [0.25, 0.3) is 0 Å². The van der Waals surface area contributed by atoms with Crippen molar-refractivity contribution in [1.29, 1.82) is 0 Å². The third-order valence-corrected chi connectivity index (χ3v) is 6.91. The van der Waals surface area contributed by atoms with Crippen LogP contribution in [0.3, 0.4) is 0 Å². The summed E-state index contributed by atoms with van der Waals surface area (Å²) in [7, 11) is -2.98. The maximum atomic E-state index is 12.1. The van der Waals surface area contributed by atoms with Crippen molar-refractivity contribution >= 4 is 15.9 Å². The van der Waals surface area contributed by atoms with Gasteiger partial charge in [-0.15, -0.1) is 0 Å². The minimum absolute atomic E-state index is 0.0554. The molecule has 0 spiro atoms. The number of hydrogen-bond acceptors (Lipinski definition) is 5. The zero-order valence-corrected chi connectivity index (χ0v) is 15.6. The Morgan fingerprint density at radius 3 is 2.46 bits per heavy atom. The lowest BCUT2D eigenvalue weighted by atomic mass is 9.92. The summed E-state index contributed by atoms with van der Waals surface area (Å²) in [5.74, 6) is 0.748. The lowest BCUT2D eigenvalue weighted by Crippen LogP contribution is -2.53. The summed E-state index contributed by atoms with van der Waals surface area (Å²) in [6.45, 7) is 8.22. The van der Waals surface area contributed by atoms with Crippen LogP contribution >= 0.6 is 0 Å². The van der Waals surface area contributed by atoms with Gasteiger partial charge in [0.2, 0.25) is 0 Å². The van der Waals surface area contributed by atoms with Crippen molar-refractivity contribution in [2.75, 3.05) is 44.4 Å². The van der Waals surface area contributed by atoms with Gasteiger partial charge in [0.1, 0.15) is 0 Å². The fourth-order valence-electron chi connectivity index (χ4n) is 3.68. The summed E-state index contributed by atoms with van der Waals surface area (Å²) in [6, 6.07) is -0.228. The highest BCUT2D eigenvalue weighted by atomic mass is 32.2. The summed E-state index contributed by atoms with van der Waals surface area (Å²) >= 11 is 0. The number of rotatable bonds is 7. The fourth-order valence-corrected chi connectivity index (χ4v) is 5.35. The molecular weight excluding hydrogens is 330 g/mol. The van der Waals surface area contributed by atoms with Crippen LogP contribution in [0.15, 0.2) is 0 Å². The molecule has 2 N–H and O–H groups in total. The van der Waals surface area contributed by atoms with Crippen LogP contribution in [0.1, 0.15) is 33.1 Å². The molecule has 2 fully saturated rings. The molecule has 0 saturated carbocycles. The van der Waals surface area contributed by atoms with E-state index in [1.54, 1.807) is 0 Å². The van der Waals surface area contributed by atoms with Crippen molar-refractivity contribution in [3.05, 3.63) is 0 Å². The second-order valence-corrected chi connectivity index (χ2v) is 8.98. The molecule has 140 valence electrons. The largest absolute Gasteiger partial charge is 0.379 e. The number of sulfone groups is 1. The third kappa shape index (κ3) is 5.60. The molecule has 0 unspecified atom stereocenters. The van der Waals surface area contributed by atoms with Gasteiger partial charge in [-0.2, -0.15) is 0 Å². The normalized spacial score (nSPS) is 25.5. The zero-order valence-electron chi connectivity index (χ0n) is 14.8. The highest BCUT2D eigenvalue weighted by molar-refractivity contribution is 7.91. The number of carbonyl (C=O) groups excluding carboxylic acids is 1. The topological polar surface area (TPSA) is 87.7 Å². The van der Waals surface area contributed by atoms with Crippen molar-refractivity contribution in [3.8, 4) is 0 Å². The number of nitrogens with zero attached hydrogens (tertiary/aromatic N) is 1. The second kappa shape index (κ2) is 9.01. The number of amides is 2. The van der Waals surface area contributed by atoms with Gasteiger partial charge in [-0.05, 0) is 12.3 Å². The fraction of sp³-hybridized carbons (Fsp3) is 0.938. The standard InChI is InChI=1S/C16H31N3O4S/c1-3-13(4-2)15(19-6-8-23-9-7-19)11-17-16(20)18-14-5-10-24(21,22)12-14/h13-15H,3-12H2,1-2H3,(H2,17,18,20)/t14-,15+/m0/s1. The van der Waals surface area contributed by atoms with E-state index in [0.29, 0.717) is 24.9 Å². The Hall–Kier alpha value is -0.860. The molecule has 2 rings (SSSR count). The lowest BCUT2D eigenvalue weighted by Gasteiger charge is -2.38. The van der Waals surface area contributed by atoms with Gasteiger partial charge in [0.05, 0.1) is 24.7 Å². The van der Waals surface area contributed by atoms with E-state index in [4.69, 9.17) is 4.74 Å². The van der Waals surface area contributed by atoms with Crippen molar-refractivity contribution in [3.63, 3.8) is 0 Å². The highest BCUT2D eigenvalue weighted by Gasteiger charge is 2.30. The Bertz CT molecular complexity index is 501. The first-order valence-electron chi connectivity index (χ1n) is 9.01. The summed E-state index contributed by atoms with van der Waals surface area (Å²) in [6.07, 6.45) is 2.65. The molecule has 2 aliphatic heterocycles. The van der Waals surface area contributed by atoms with Crippen molar-refractivity contribution in [2.24, 2.45) is 5.92 Å². The molecule has 2 aliphatic rings. The molecular formula is C16H31N3O4S. The van der Waals surface area contributed by atoms with E-state index in [2.05, 4.69) is 29.4 Å². The third-order valence-electron chi connectivity index (χ3n) is 5.15. The average Bonchev–Trinajstić information content (AvgIpc) is 2.90. The molecule has 0 aromatic rings. The van der Waals surface area contributed by atoms with E-state index in [1.165, 1.54) is 0 Å². The predicted octanol–water partition coefficient (Wildman–Crippen LogP) is 0.610. The van der Waals surface area contributed by atoms with E-state index >= 15 is 0 Å². The van der Waals surface area contributed by atoms with Crippen molar-refractivity contribution in [1.82, 2.24) is 15.5 Å². The average molecular weight is 362 g/mol. The van der Waals surface area contributed by atoms with Crippen LogP contribution in [0.4, 0.5) is 4.79 Å². The first-order valence-corrected chi connectivity index (χ1v) is 10.8. The van der Waals surface area contributed by atoms with Crippen LogP contribution in [-0.4, -0.2) is 75.8 Å². The smallest absolute Gasteiger partial charge is 0.315 e. The Morgan fingerprint density at radius 2 is 1.92 bits per heavy atom. The van der Waals surface area contributed by atoms with Gasteiger partial charge in [-0.1, -0.05) is 26.7 Å². The zero-order chi connectivity index (χ0) is 17.6. The molecule has 24 heavy (non-hydrogen) atoms. The molecule has 2 saturated heterocycles. The molecule has 0 aliphatic carbocycles. The number of morpholine rings is 1. The maximum Gasteiger partial charge on any atom is 0.315 e. The van der Waals surface area contributed by atoms with Crippen LogP contribution in [0.5, 0.6) is 0 Å². The van der Waals surface area contributed by atoms with E-state index < -0.39 is 9.84 Å². The van der Waals surface area contributed by atoms with Gasteiger partial charge in [-0.3, -0.25) is 4.90 Å². The number of urea groups is 1. The van der Waals surface area contributed by atoms with Crippen LogP contribution in [0, 0.1) is 5.92 Å². The van der Waals surface area contributed by atoms with E-state index in [9.17, 15) is 13.2 Å². The molecule has 2 heterocycles. The molecule has 0 radical (unpaired) electrons. The van der Waals surface area contributed by atoms with Crippen molar-refractivity contribution < 1.29 is 17.9 Å².